The predicted octanol–water partition coefficient (Wildman–Crippen LogP) is 5.21. The van der Waals surface area contributed by atoms with E-state index in [1.807, 2.05) is 35.2 Å². The molecule has 236 valence electrons. The normalized spacial score (nSPS) is 14.6. The van der Waals surface area contributed by atoms with Crippen LogP contribution < -0.4 is 14.9 Å². The number of hydrogen-bond acceptors (Lipinski definition) is 9. The lowest BCUT2D eigenvalue weighted by Crippen LogP contribution is -2.50. The number of halogens is 3. The molecule has 3 aromatic rings. The van der Waals surface area contributed by atoms with Crippen LogP contribution in [-0.2, 0) is 21.9 Å². The Hall–Kier alpha value is -3.85. The van der Waals surface area contributed by atoms with Crippen molar-refractivity contribution in [3.05, 3.63) is 71.9 Å². The Morgan fingerprint density at radius 2 is 1.68 bits per heavy atom. The third kappa shape index (κ3) is 9.32. The van der Waals surface area contributed by atoms with Crippen molar-refractivity contribution in [1.82, 2.24) is 19.8 Å². The van der Waals surface area contributed by atoms with Crippen molar-refractivity contribution in [2.24, 2.45) is 0 Å². The van der Waals surface area contributed by atoms with E-state index in [1.54, 1.807) is 31.7 Å². The second-order valence-electron chi connectivity index (χ2n) is 10.7. The number of thioether (sulfide) groups is 1. The van der Waals surface area contributed by atoms with Crippen LogP contribution >= 0.6 is 11.8 Å². The average molecular weight is 651 g/mol. The van der Waals surface area contributed by atoms with Crippen molar-refractivity contribution < 1.29 is 31.7 Å². The number of carbonyl (C=O) groups is 2. The number of rotatable bonds is 9. The quantitative estimate of drug-likeness (QED) is 0.238. The topological polar surface area (TPSA) is 117 Å². The summed E-state index contributed by atoms with van der Waals surface area (Å²) in [6.45, 7) is 7.45. The fraction of sp³-hybridized carbons (Fsp3) is 0.379. The molecule has 0 saturated carbocycles. The highest BCUT2D eigenvalue weighted by Gasteiger charge is 2.34. The minimum absolute atomic E-state index is 0.147. The van der Waals surface area contributed by atoms with Gasteiger partial charge in [-0.2, -0.15) is 13.2 Å². The highest BCUT2D eigenvalue weighted by Crippen LogP contribution is 2.36. The highest BCUT2D eigenvalue weighted by molar-refractivity contribution is 7.99. The van der Waals surface area contributed by atoms with Crippen molar-refractivity contribution in [3.63, 3.8) is 0 Å². The van der Waals surface area contributed by atoms with Gasteiger partial charge in [-0.1, -0.05) is 18.2 Å². The predicted molar refractivity (Wildman–Crippen MR) is 163 cm³/mol. The summed E-state index contributed by atoms with van der Waals surface area (Å²) in [5.41, 5.74) is -1.88. The first-order valence-electron chi connectivity index (χ1n) is 13.7. The van der Waals surface area contributed by atoms with Gasteiger partial charge in [0.05, 0.1) is 10.5 Å². The number of amides is 2. The Kier molecular flexibility index (Phi) is 10.7. The van der Waals surface area contributed by atoms with E-state index in [9.17, 15) is 27.0 Å². The van der Waals surface area contributed by atoms with Crippen LogP contribution in [-0.4, -0.2) is 75.4 Å². The summed E-state index contributed by atoms with van der Waals surface area (Å²) in [7, 11) is -2.28. The molecule has 2 aromatic carbocycles. The zero-order chi connectivity index (χ0) is 31.9. The van der Waals surface area contributed by atoms with Crippen LogP contribution in [0.5, 0.6) is 0 Å². The molecule has 0 spiro atoms. The van der Waals surface area contributed by atoms with Crippen molar-refractivity contribution in [2.75, 3.05) is 48.7 Å². The number of carbonyl (C=O) groups excluding carboxylic acids is 2. The Morgan fingerprint density at radius 3 is 2.30 bits per heavy atom. The number of alkyl halides is 3. The molecule has 2 amide bonds. The summed E-state index contributed by atoms with van der Waals surface area (Å²) in [6, 6.07) is 15.7. The van der Waals surface area contributed by atoms with Crippen LogP contribution in [0.3, 0.4) is 0 Å². The molecule has 1 aliphatic rings. The van der Waals surface area contributed by atoms with E-state index in [2.05, 4.69) is 20.2 Å². The third-order valence-electron chi connectivity index (χ3n) is 6.26. The Balaban J connectivity index is 1.32. The minimum Gasteiger partial charge on any atom is -0.444 e. The Bertz CT molecular complexity index is 1460. The first kappa shape index (κ1) is 33.1. The Labute approximate surface area is 260 Å². The van der Waals surface area contributed by atoms with E-state index >= 15 is 0 Å². The molecule has 44 heavy (non-hydrogen) atoms. The van der Waals surface area contributed by atoms with E-state index in [-0.39, 0.29) is 22.8 Å². The highest BCUT2D eigenvalue weighted by atomic mass is 32.2. The van der Waals surface area contributed by atoms with Crippen molar-refractivity contribution >= 4 is 46.3 Å². The summed E-state index contributed by atoms with van der Waals surface area (Å²) in [6.07, 6.45) is -5.10. The lowest BCUT2D eigenvalue weighted by atomic mass is 10.1. The fourth-order valence-electron chi connectivity index (χ4n) is 4.15. The molecular weight excluding hydrogens is 617 g/mol. The number of aromatic nitrogens is 2. The first-order chi connectivity index (χ1) is 20.8. The number of piperazine rings is 1. The zero-order valence-electron chi connectivity index (χ0n) is 24.4. The average Bonchev–Trinajstić information content (AvgIpc) is 2.98. The lowest BCUT2D eigenvalue weighted by Gasteiger charge is -2.35. The largest absolute Gasteiger partial charge is 0.444 e. The van der Waals surface area contributed by atoms with E-state index in [4.69, 9.17) is 4.74 Å². The summed E-state index contributed by atoms with van der Waals surface area (Å²) in [4.78, 5) is 29.2. The van der Waals surface area contributed by atoms with E-state index in [0.717, 1.165) is 11.0 Å². The molecule has 0 radical (unpaired) electrons. The number of ether oxygens (including phenoxy) is 1. The van der Waals surface area contributed by atoms with Crippen LogP contribution in [0.1, 0.15) is 36.8 Å². The minimum atomic E-state index is -4.71. The molecule has 1 fully saturated rings. The summed E-state index contributed by atoms with van der Waals surface area (Å²) >= 11 is 1.50. The van der Waals surface area contributed by atoms with E-state index in [0.29, 0.717) is 37.7 Å². The smallest absolute Gasteiger partial charge is 0.418 e. The van der Waals surface area contributed by atoms with Crippen molar-refractivity contribution in [2.45, 2.75) is 42.3 Å². The van der Waals surface area contributed by atoms with Gasteiger partial charge >= 0.3 is 12.3 Å². The molecule has 0 bridgehead atoms. The van der Waals surface area contributed by atoms with Gasteiger partial charge in [0.25, 0.3) is 5.91 Å². The van der Waals surface area contributed by atoms with Crippen LogP contribution in [0, 0.1) is 0 Å². The third-order valence-corrected chi connectivity index (χ3v) is 8.33. The molecule has 0 aliphatic carbocycles. The van der Waals surface area contributed by atoms with Crippen LogP contribution in [0.2, 0.25) is 0 Å². The molecule has 15 heteroatoms. The van der Waals surface area contributed by atoms with Gasteiger partial charge in [0.15, 0.2) is 22.5 Å². The monoisotopic (exact) mass is 650 g/mol. The maximum atomic E-state index is 13.8. The zero-order valence-corrected chi connectivity index (χ0v) is 26.0. The Morgan fingerprint density at radius 1 is 0.977 bits per heavy atom. The van der Waals surface area contributed by atoms with Gasteiger partial charge in [-0.25, -0.2) is 9.00 Å². The van der Waals surface area contributed by atoms with Gasteiger partial charge in [0.1, 0.15) is 5.60 Å². The lowest BCUT2D eigenvalue weighted by molar-refractivity contribution is -0.137. The van der Waals surface area contributed by atoms with Gasteiger partial charge in [0, 0.05) is 49.1 Å². The van der Waals surface area contributed by atoms with E-state index < -0.39 is 40.3 Å². The number of nitrogens with one attached hydrogen (secondary N) is 2. The second-order valence-corrected chi connectivity index (χ2v) is 13.1. The van der Waals surface area contributed by atoms with Crippen LogP contribution in [0.15, 0.2) is 70.5 Å². The second kappa shape index (κ2) is 14.3. The van der Waals surface area contributed by atoms with Crippen molar-refractivity contribution in [3.8, 4) is 0 Å². The van der Waals surface area contributed by atoms with Crippen molar-refractivity contribution in [1.29, 1.82) is 0 Å². The molecule has 10 nitrogen and oxygen atoms in total. The first-order valence-corrected chi connectivity index (χ1v) is 15.9. The maximum Gasteiger partial charge on any atom is 0.418 e. The fourth-order valence-corrected chi connectivity index (χ4v) is 5.75. The van der Waals surface area contributed by atoms with Crippen LogP contribution in [0.25, 0.3) is 0 Å². The van der Waals surface area contributed by atoms with Gasteiger partial charge in [-0.15, -0.1) is 22.0 Å². The van der Waals surface area contributed by atoms with Crippen LogP contribution in [0.4, 0.5) is 29.5 Å². The molecule has 1 saturated heterocycles. The van der Waals surface area contributed by atoms with Gasteiger partial charge < -0.3 is 19.9 Å². The van der Waals surface area contributed by atoms with Gasteiger partial charge in [0.2, 0.25) is 0 Å². The number of anilines is 2. The standard InChI is InChI=1S/C29H33F3N6O4S2/c1-28(2,3)42-27(40)38-16-14-37(15-17-38)25-12-11-24(34-35-25)26(39)36-44(41)21-9-10-23(22(19-21)29(30,31)32)33-13-18-43-20-7-5-4-6-8-20/h4-12,19,33H,13-18H2,1-3H3,(H,36,39). The molecule has 1 unspecified atom stereocenters. The SMILES string of the molecule is CC(C)(C)OC(=O)N1CCN(c2ccc(C(=O)NS(=O)c3ccc(NCCSc4ccccc4)c(C(F)(F)F)c3)nn2)CC1. The van der Waals surface area contributed by atoms with E-state index in [1.165, 1.54) is 30.0 Å². The summed E-state index contributed by atoms with van der Waals surface area (Å²) in [5.74, 6) is 0.157. The van der Waals surface area contributed by atoms with Gasteiger partial charge in [-0.05, 0) is 63.2 Å². The molecule has 2 N–H and O–H groups in total. The number of hydrogen-bond donors (Lipinski definition) is 2. The maximum absolute atomic E-state index is 13.8. The number of benzene rings is 2. The molecule has 2 heterocycles. The molecular formula is C29H33F3N6O4S2. The van der Waals surface area contributed by atoms with Gasteiger partial charge in [-0.3, -0.25) is 9.52 Å². The summed E-state index contributed by atoms with van der Waals surface area (Å²) in [5, 5.41) is 10.8. The molecule has 1 atom stereocenters. The number of nitrogens with zero attached hydrogens (tertiary/aromatic N) is 4. The molecule has 1 aliphatic heterocycles. The summed E-state index contributed by atoms with van der Waals surface area (Å²) < 4.78 is 61.9. The molecule has 1 aromatic heterocycles. The molecule has 4 rings (SSSR count).